The Morgan fingerprint density at radius 3 is 1.67 bits per heavy atom. The molecule has 1 unspecified atom stereocenters. The van der Waals surface area contributed by atoms with Crippen LogP contribution in [0.3, 0.4) is 0 Å². The van der Waals surface area contributed by atoms with Crippen molar-refractivity contribution < 1.29 is 0 Å². The van der Waals surface area contributed by atoms with E-state index in [2.05, 4.69) is 188 Å². The summed E-state index contributed by atoms with van der Waals surface area (Å²) in [6, 6.07) is 69.6. The van der Waals surface area contributed by atoms with Gasteiger partial charge in [-0.15, -0.1) is 0 Å². The van der Waals surface area contributed by atoms with E-state index in [0.717, 1.165) is 0 Å². The minimum Gasteiger partial charge on any atom is -0.0622 e. The summed E-state index contributed by atoms with van der Waals surface area (Å²) in [7, 11) is 0. The van der Waals surface area contributed by atoms with Crippen molar-refractivity contribution in [1.82, 2.24) is 0 Å². The van der Waals surface area contributed by atoms with Gasteiger partial charge in [-0.3, -0.25) is 0 Å². The van der Waals surface area contributed by atoms with Gasteiger partial charge < -0.3 is 0 Å². The maximum atomic E-state index is 2.53. The number of hydrogen-bond donors (Lipinski definition) is 0. The summed E-state index contributed by atoms with van der Waals surface area (Å²) in [6.07, 6.45) is 0. The van der Waals surface area contributed by atoms with Gasteiger partial charge >= 0.3 is 0 Å². The number of rotatable bonds is 4. The van der Waals surface area contributed by atoms with E-state index in [0.29, 0.717) is 0 Å². The SMILES string of the molecule is c1ccc(-c2ccc3c(-c4ccc5ccccc5c4)c4cc5c(cc4c(-c4ccccc4)c3c2)C(c2ccccc2)c2ccccc2-5)cc1. The number of fused-ring (bicyclic) bond motifs is 6. The normalized spacial score (nSPS) is 13.5. The smallest absolute Gasteiger partial charge is 0.0352 e. The Hall–Kier alpha value is -6.24. The van der Waals surface area contributed by atoms with Crippen molar-refractivity contribution in [2.75, 3.05) is 0 Å². The van der Waals surface area contributed by atoms with Crippen LogP contribution in [-0.2, 0) is 0 Å². The maximum Gasteiger partial charge on any atom is 0.0352 e. The third-order valence-corrected chi connectivity index (χ3v) is 10.5. The molecule has 0 amide bonds. The molecule has 0 spiro atoms. The molecule has 0 bridgehead atoms. The lowest BCUT2D eigenvalue weighted by Gasteiger charge is -2.21. The summed E-state index contributed by atoms with van der Waals surface area (Å²) in [5.74, 6) is 0.177. The van der Waals surface area contributed by atoms with E-state index in [9.17, 15) is 0 Å². The molecular weight excluding hydrogens is 589 g/mol. The molecule has 0 aromatic heterocycles. The van der Waals surface area contributed by atoms with Gasteiger partial charge in [0.15, 0.2) is 0 Å². The van der Waals surface area contributed by atoms with E-state index in [-0.39, 0.29) is 5.92 Å². The Bertz CT molecular complexity index is 2690. The first-order valence-electron chi connectivity index (χ1n) is 17.1. The van der Waals surface area contributed by atoms with Crippen molar-refractivity contribution in [3.63, 3.8) is 0 Å². The fraction of sp³-hybridized carbons (Fsp3) is 0.0204. The predicted molar refractivity (Wildman–Crippen MR) is 208 cm³/mol. The van der Waals surface area contributed by atoms with Gasteiger partial charge in [0.25, 0.3) is 0 Å². The molecule has 0 N–H and O–H groups in total. The topological polar surface area (TPSA) is 0 Å². The van der Waals surface area contributed by atoms with Crippen LogP contribution in [0.1, 0.15) is 22.6 Å². The standard InChI is InChI=1S/C49H32/c1-4-14-32(15-5-1)37-26-27-41-43(29-37)48(35-19-8-3-9-20-35)46-31-44-42(39-22-12-13-23-40(39)47(44)34-17-6-2-7-18-34)30-45(46)49(41)38-25-24-33-16-10-11-21-36(33)28-38/h1-31,47H. The first-order valence-corrected chi connectivity index (χ1v) is 17.1. The molecule has 9 aromatic rings. The lowest BCUT2D eigenvalue weighted by atomic mass is 9.82. The molecule has 0 saturated carbocycles. The highest BCUT2D eigenvalue weighted by atomic mass is 14.3. The van der Waals surface area contributed by atoms with Crippen LogP contribution < -0.4 is 0 Å². The third-order valence-electron chi connectivity index (χ3n) is 10.5. The molecule has 1 aliphatic carbocycles. The molecule has 49 heavy (non-hydrogen) atoms. The molecule has 0 heterocycles. The molecule has 0 aliphatic heterocycles. The van der Waals surface area contributed by atoms with E-state index in [4.69, 9.17) is 0 Å². The highest BCUT2D eigenvalue weighted by Crippen LogP contribution is 2.53. The van der Waals surface area contributed by atoms with Gasteiger partial charge in [-0.05, 0) is 118 Å². The monoisotopic (exact) mass is 620 g/mol. The molecule has 1 aliphatic rings. The van der Waals surface area contributed by atoms with Crippen molar-refractivity contribution in [2.24, 2.45) is 0 Å². The van der Waals surface area contributed by atoms with E-state index in [1.807, 2.05) is 0 Å². The van der Waals surface area contributed by atoms with E-state index in [1.165, 1.54) is 93.5 Å². The second-order valence-corrected chi connectivity index (χ2v) is 13.2. The first kappa shape index (κ1) is 27.8. The van der Waals surface area contributed by atoms with Gasteiger partial charge in [-0.1, -0.05) is 164 Å². The van der Waals surface area contributed by atoms with Gasteiger partial charge in [-0.25, -0.2) is 0 Å². The molecule has 228 valence electrons. The fourth-order valence-electron chi connectivity index (χ4n) is 8.31. The van der Waals surface area contributed by atoms with Gasteiger partial charge in [0.1, 0.15) is 0 Å². The highest BCUT2D eigenvalue weighted by molar-refractivity contribution is 6.23. The van der Waals surface area contributed by atoms with Gasteiger partial charge in [-0.2, -0.15) is 0 Å². The molecule has 0 radical (unpaired) electrons. The second-order valence-electron chi connectivity index (χ2n) is 13.2. The van der Waals surface area contributed by atoms with Crippen molar-refractivity contribution in [2.45, 2.75) is 5.92 Å². The van der Waals surface area contributed by atoms with Crippen molar-refractivity contribution >= 4 is 32.3 Å². The van der Waals surface area contributed by atoms with Crippen LogP contribution in [0.25, 0.3) is 76.8 Å². The lowest BCUT2D eigenvalue weighted by Crippen LogP contribution is -1.99. The summed E-state index contributed by atoms with van der Waals surface area (Å²) in [4.78, 5) is 0. The van der Waals surface area contributed by atoms with Gasteiger partial charge in [0.05, 0.1) is 0 Å². The Labute approximate surface area is 286 Å². The largest absolute Gasteiger partial charge is 0.0622 e. The van der Waals surface area contributed by atoms with Crippen LogP contribution in [0, 0.1) is 0 Å². The maximum absolute atomic E-state index is 2.53. The Balaban J connectivity index is 1.38. The minimum absolute atomic E-state index is 0.177. The Morgan fingerprint density at radius 2 is 0.878 bits per heavy atom. The summed E-state index contributed by atoms with van der Waals surface area (Å²) in [6.45, 7) is 0. The first-order chi connectivity index (χ1) is 24.3. The quantitative estimate of drug-likeness (QED) is 0.172. The van der Waals surface area contributed by atoms with Crippen molar-refractivity contribution in [3.8, 4) is 44.5 Å². The Morgan fingerprint density at radius 1 is 0.286 bits per heavy atom. The van der Waals surface area contributed by atoms with Gasteiger partial charge in [0, 0.05) is 5.92 Å². The second kappa shape index (κ2) is 11.2. The molecule has 9 aromatic carbocycles. The summed E-state index contributed by atoms with van der Waals surface area (Å²) in [5.41, 5.74) is 14.3. The summed E-state index contributed by atoms with van der Waals surface area (Å²) >= 11 is 0. The molecule has 0 saturated heterocycles. The minimum atomic E-state index is 0.177. The molecular formula is C49H32. The van der Waals surface area contributed by atoms with Crippen LogP contribution in [0.5, 0.6) is 0 Å². The van der Waals surface area contributed by atoms with Crippen LogP contribution in [0.2, 0.25) is 0 Å². The van der Waals surface area contributed by atoms with E-state index in [1.54, 1.807) is 0 Å². The molecule has 0 heteroatoms. The zero-order valence-electron chi connectivity index (χ0n) is 27.0. The van der Waals surface area contributed by atoms with Crippen LogP contribution in [-0.4, -0.2) is 0 Å². The van der Waals surface area contributed by atoms with Gasteiger partial charge in [0.2, 0.25) is 0 Å². The van der Waals surface area contributed by atoms with Crippen molar-refractivity contribution in [1.29, 1.82) is 0 Å². The molecule has 0 fully saturated rings. The summed E-state index contributed by atoms with van der Waals surface area (Å²) < 4.78 is 0. The number of hydrogen-bond acceptors (Lipinski definition) is 0. The average molecular weight is 621 g/mol. The molecule has 10 rings (SSSR count). The van der Waals surface area contributed by atoms with Crippen LogP contribution in [0.4, 0.5) is 0 Å². The third kappa shape index (κ3) is 4.45. The zero-order valence-corrected chi connectivity index (χ0v) is 27.0. The lowest BCUT2D eigenvalue weighted by molar-refractivity contribution is 1.02. The molecule has 1 atom stereocenters. The van der Waals surface area contributed by atoms with E-state index < -0.39 is 0 Å². The zero-order chi connectivity index (χ0) is 32.3. The van der Waals surface area contributed by atoms with Crippen LogP contribution >= 0.6 is 0 Å². The molecule has 0 nitrogen and oxygen atoms in total. The predicted octanol–water partition coefficient (Wildman–Crippen LogP) is 13.3. The number of benzene rings is 9. The van der Waals surface area contributed by atoms with Crippen molar-refractivity contribution in [3.05, 3.63) is 205 Å². The average Bonchev–Trinajstić information content (AvgIpc) is 3.50. The highest BCUT2D eigenvalue weighted by Gasteiger charge is 2.31. The van der Waals surface area contributed by atoms with Crippen LogP contribution in [0.15, 0.2) is 188 Å². The summed E-state index contributed by atoms with van der Waals surface area (Å²) in [5, 5.41) is 7.63. The fourth-order valence-corrected chi connectivity index (χ4v) is 8.31. The Kier molecular flexibility index (Phi) is 6.35. The van der Waals surface area contributed by atoms with E-state index >= 15 is 0 Å².